The Hall–Kier alpha value is -1.66. The van der Waals surface area contributed by atoms with E-state index in [1.54, 1.807) is 6.07 Å². The number of benzene rings is 1. The molecule has 1 aromatic heterocycles. The second-order valence-corrected chi connectivity index (χ2v) is 6.36. The summed E-state index contributed by atoms with van der Waals surface area (Å²) in [6.07, 6.45) is 0. The van der Waals surface area contributed by atoms with Crippen LogP contribution in [0.3, 0.4) is 0 Å². The van der Waals surface area contributed by atoms with Crippen LogP contribution in [0.1, 0.15) is 13.8 Å². The van der Waals surface area contributed by atoms with E-state index in [2.05, 4.69) is 14.8 Å². The van der Waals surface area contributed by atoms with Gasteiger partial charge in [-0.1, -0.05) is 0 Å². The Labute approximate surface area is 123 Å². The molecule has 1 aliphatic heterocycles. The number of halogens is 1. The van der Waals surface area contributed by atoms with Crippen LogP contribution in [0.4, 0.5) is 10.4 Å². The molecule has 1 fully saturated rings. The quantitative estimate of drug-likeness (QED) is 0.935. The Morgan fingerprint density at radius 3 is 2.67 bits per heavy atom. The maximum Gasteiger partial charge on any atom is 0.298 e. The summed E-state index contributed by atoms with van der Waals surface area (Å²) in [6, 6.07) is 4.98. The molecule has 1 saturated heterocycles. The van der Waals surface area contributed by atoms with Gasteiger partial charge in [-0.2, -0.15) is 4.98 Å². The molecule has 2 N–H and O–H groups in total. The van der Waals surface area contributed by atoms with Gasteiger partial charge in [0, 0.05) is 44.3 Å². The predicted molar refractivity (Wildman–Crippen MR) is 80.9 cm³/mol. The summed E-state index contributed by atoms with van der Waals surface area (Å²) < 4.78 is 18.9. The summed E-state index contributed by atoms with van der Waals surface area (Å²) in [5.74, 6) is -0.294. The highest BCUT2D eigenvalue weighted by atomic mass is 19.1. The minimum absolute atomic E-state index is 0.183. The number of hydrogen-bond acceptors (Lipinski definition) is 5. The van der Waals surface area contributed by atoms with Crippen LogP contribution in [0.2, 0.25) is 0 Å². The lowest BCUT2D eigenvalue weighted by Gasteiger charge is -2.37. The van der Waals surface area contributed by atoms with Gasteiger partial charge >= 0.3 is 0 Å². The zero-order chi connectivity index (χ0) is 15.0. The molecule has 0 saturated carbocycles. The zero-order valence-corrected chi connectivity index (χ0v) is 12.5. The molecule has 0 spiro atoms. The van der Waals surface area contributed by atoms with E-state index in [4.69, 9.17) is 10.2 Å². The average molecular weight is 292 g/mol. The van der Waals surface area contributed by atoms with Crippen molar-refractivity contribution in [2.75, 3.05) is 37.6 Å². The highest BCUT2D eigenvalue weighted by Gasteiger charge is 2.24. The van der Waals surface area contributed by atoms with Crippen LogP contribution in [0, 0.1) is 5.82 Å². The van der Waals surface area contributed by atoms with Crippen molar-refractivity contribution in [3.05, 3.63) is 24.0 Å². The van der Waals surface area contributed by atoms with E-state index in [1.165, 1.54) is 12.1 Å². The standard InChI is InChI=1S/C15H21FN4O/c1-15(2,17)10-19-5-7-20(8-6-19)14-18-12-9-11(16)3-4-13(12)21-14/h3-4,9H,5-8,10,17H2,1-2H3. The number of nitrogens with two attached hydrogens (primary N) is 1. The first-order valence-electron chi connectivity index (χ1n) is 7.23. The molecule has 0 atom stereocenters. The van der Waals surface area contributed by atoms with E-state index in [9.17, 15) is 4.39 Å². The van der Waals surface area contributed by atoms with E-state index in [1.807, 2.05) is 13.8 Å². The summed E-state index contributed by atoms with van der Waals surface area (Å²) in [6.45, 7) is 8.47. The van der Waals surface area contributed by atoms with Gasteiger partial charge < -0.3 is 15.1 Å². The second-order valence-electron chi connectivity index (χ2n) is 6.36. The third-order valence-electron chi connectivity index (χ3n) is 3.61. The van der Waals surface area contributed by atoms with Crippen LogP contribution in [0.5, 0.6) is 0 Å². The maximum absolute atomic E-state index is 13.2. The van der Waals surface area contributed by atoms with Crippen molar-refractivity contribution in [1.82, 2.24) is 9.88 Å². The first-order chi connectivity index (χ1) is 9.90. The fourth-order valence-corrected chi connectivity index (χ4v) is 2.70. The first-order valence-corrected chi connectivity index (χ1v) is 7.23. The molecule has 0 bridgehead atoms. The van der Waals surface area contributed by atoms with Gasteiger partial charge in [0.1, 0.15) is 11.3 Å². The summed E-state index contributed by atoms with van der Waals surface area (Å²) in [4.78, 5) is 8.81. The Kier molecular flexibility index (Phi) is 3.59. The number of nitrogens with zero attached hydrogens (tertiary/aromatic N) is 3. The van der Waals surface area contributed by atoms with E-state index in [-0.39, 0.29) is 11.4 Å². The summed E-state index contributed by atoms with van der Waals surface area (Å²) in [5.41, 5.74) is 7.06. The Morgan fingerprint density at radius 1 is 1.29 bits per heavy atom. The van der Waals surface area contributed by atoms with Crippen molar-refractivity contribution in [3.63, 3.8) is 0 Å². The topological polar surface area (TPSA) is 58.5 Å². The summed E-state index contributed by atoms with van der Waals surface area (Å²) in [7, 11) is 0. The Bertz CT molecular complexity index is 626. The average Bonchev–Trinajstić information content (AvgIpc) is 2.80. The molecule has 0 unspecified atom stereocenters. The van der Waals surface area contributed by atoms with Crippen molar-refractivity contribution in [1.29, 1.82) is 0 Å². The first kappa shape index (κ1) is 14.3. The SMILES string of the molecule is CC(C)(N)CN1CCN(c2nc3cc(F)ccc3o2)CC1. The fraction of sp³-hybridized carbons (Fsp3) is 0.533. The Balaban J connectivity index is 1.68. The van der Waals surface area contributed by atoms with E-state index >= 15 is 0 Å². The van der Waals surface area contributed by atoms with Crippen molar-refractivity contribution in [3.8, 4) is 0 Å². The van der Waals surface area contributed by atoms with Crippen molar-refractivity contribution >= 4 is 17.1 Å². The van der Waals surface area contributed by atoms with Crippen LogP contribution in [-0.4, -0.2) is 48.1 Å². The van der Waals surface area contributed by atoms with Gasteiger partial charge in [-0.15, -0.1) is 0 Å². The monoisotopic (exact) mass is 292 g/mol. The highest BCUT2D eigenvalue weighted by Crippen LogP contribution is 2.23. The lowest BCUT2D eigenvalue weighted by Crippen LogP contribution is -2.53. The number of anilines is 1. The Morgan fingerprint density at radius 2 is 2.00 bits per heavy atom. The molecular weight excluding hydrogens is 271 g/mol. The molecule has 3 rings (SSSR count). The van der Waals surface area contributed by atoms with Crippen molar-refractivity contribution < 1.29 is 8.81 Å². The smallest absolute Gasteiger partial charge is 0.298 e. The largest absolute Gasteiger partial charge is 0.423 e. The maximum atomic E-state index is 13.2. The van der Waals surface area contributed by atoms with Crippen molar-refractivity contribution in [2.45, 2.75) is 19.4 Å². The van der Waals surface area contributed by atoms with Gasteiger partial charge in [0.05, 0.1) is 0 Å². The van der Waals surface area contributed by atoms with Crippen LogP contribution < -0.4 is 10.6 Å². The van der Waals surface area contributed by atoms with Gasteiger partial charge in [-0.25, -0.2) is 4.39 Å². The number of oxazole rings is 1. The van der Waals surface area contributed by atoms with Gasteiger partial charge in [-0.3, -0.25) is 4.90 Å². The fourth-order valence-electron chi connectivity index (χ4n) is 2.70. The van der Waals surface area contributed by atoms with Crippen molar-refractivity contribution in [2.24, 2.45) is 5.73 Å². The van der Waals surface area contributed by atoms with Gasteiger partial charge in [0.2, 0.25) is 0 Å². The molecule has 0 amide bonds. The minimum atomic E-state index is -0.294. The third kappa shape index (κ3) is 3.33. The zero-order valence-electron chi connectivity index (χ0n) is 12.5. The lowest BCUT2D eigenvalue weighted by molar-refractivity contribution is 0.211. The molecule has 0 aliphatic carbocycles. The van der Waals surface area contributed by atoms with Gasteiger partial charge in [-0.05, 0) is 26.0 Å². The normalized spacial score (nSPS) is 17.6. The van der Waals surface area contributed by atoms with Crippen LogP contribution in [-0.2, 0) is 0 Å². The highest BCUT2D eigenvalue weighted by molar-refractivity contribution is 5.74. The molecule has 0 radical (unpaired) electrons. The molecule has 5 nitrogen and oxygen atoms in total. The van der Waals surface area contributed by atoms with E-state index in [0.29, 0.717) is 17.1 Å². The number of hydrogen-bond donors (Lipinski definition) is 1. The van der Waals surface area contributed by atoms with Crippen LogP contribution in [0.25, 0.3) is 11.1 Å². The summed E-state index contributed by atoms with van der Waals surface area (Å²) in [5, 5.41) is 0. The van der Waals surface area contributed by atoms with E-state index < -0.39 is 0 Å². The molecule has 6 heteroatoms. The molecule has 1 aliphatic rings. The van der Waals surface area contributed by atoms with E-state index in [0.717, 1.165) is 32.7 Å². The second kappa shape index (κ2) is 5.27. The third-order valence-corrected chi connectivity index (χ3v) is 3.61. The lowest BCUT2D eigenvalue weighted by atomic mass is 10.1. The number of aromatic nitrogens is 1. The molecule has 2 heterocycles. The molecule has 1 aromatic carbocycles. The molecule has 114 valence electrons. The van der Waals surface area contributed by atoms with Gasteiger partial charge in [0.25, 0.3) is 6.01 Å². The molecule has 2 aromatic rings. The molecule has 21 heavy (non-hydrogen) atoms. The number of rotatable bonds is 3. The van der Waals surface area contributed by atoms with Crippen LogP contribution >= 0.6 is 0 Å². The number of fused-ring (bicyclic) bond motifs is 1. The van der Waals surface area contributed by atoms with Crippen LogP contribution in [0.15, 0.2) is 22.6 Å². The minimum Gasteiger partial charge on any atom is -0.423 e. The predicted octanol–water partition coefficient (Wildman–Crippen LogP) is 1.83. The number of piperazine rings is 1. The summed E-state index contributed by atoms with van der Waals surface area (Å²) >= 11 is 0. The molecular formula is C15H21FN4O. The van der Waals surface area contributed by atoms with Gasteiger partial charge in [0.15, 0.2) is 5.58 Å².